The number of anilines is 1. The highest BCUT2D eigenvalue weighted by atomic mass is 16.7. The number of fused-ring (bicyclic) bond motifs is 2. The normalized spacial score (nSPS) is 27.4. The van der Waals surface area contributed by atoms with Gasteiger partial charge in [0, 0.05) is 54.5 Å². The molecule has 2 aromatic rings. The Morgan fingerprint density at radius 3 is 2.39 bits per heavy atom. The van der Waals surface area contributed by atoms with Crippen molar-refractivity contribution in [2.45, 2.75) is 104 Å². The molecule has 1 saturated heterocycles. The fourth-order valence-corrected chi connectivity index (χ4v) is 9.49. The molecule has 2 amide bonds. The van der Waals surface area contributed by atoms with E-state index >= 15 is 0 Å². The lowest BCUT2D eigenvalue weighted by Gasteiger charge is -2.62. The number of rotatable bonds is 16. The number of methoxy groups -OCH3 is 1. The van der Waals surface area contributed by atoms with Crippen molar-refractivity contribution in [3.8, 4) is 16.9 Å². The molecule has 300 valence electrons. The minimum atomic E-state index is -0.895. The van der Waals surface area contributed by atoms with Crippen molar-refractivity contribution < 1.29 is 29.4 Å². The maximum absolute atomic E-state index is 14.3. The standard InChI is InChI=1S/C43H67N5O6/c1-25(2)17-32(15-16-46(7)8)44-41(51)30-18-29(19-33(20-30)47(9)10)34-14-12-13-28(40(34)53-11)23-48-39(38(27(4)50)37(24-49)54-48)42(52)45-36-22-31-21-35(26(36)3)43(31,5)6/h12-14,18-20,25-27,31-32,35-39,49-50H,15-17,21-24H2,1-11H3,(H,44,51)(H,45,52)/t26-,27-,31-,32+,35+,36-,37-,38+,39-/m0/s1. The first-order chi connectivity index (χ1) is 25.5. The van der Waals surface area contributed by atoms with E-state index in [-0.39, 0.29) is 42.5 Å². The highest BCUT2D eigenvalue weighted by Gasteiger charge is 2.57. The average molecular weight is 750 g/mol. The smallest absolute Gasteiger partial charge is 0.251 e. The van der Waals surface area contributed by atoms with Crippen LogP contribution in [0.4, 0.5) is 5.69 Å². The predicted molar refractivity (Wildman–Crippen MR) is 214 cm³/mol. The first-order valence-corrected chi connectivity index (χ1v) is 19.9. The fourth-order valence-electron chi connectivity index (χ4n) is 9.49. The monoisotopic (exact) mass is 750 g/mol. The van der Waals surface area contributed by atoms with Gasteiger partial charge < -0.3 is 35.4 Å². The summed E-state index contributed by atoms with van der Waals surface area (Å²) in [5, 5.41) is 29.6. The molecule has 3 saturated carbocycles. The molecule has 54 heavy (non-hydrogen) atoms. The Kier molecular flexibility index (Phi) is 13.4. The second-order valence-corrected chi connectivity index (χ2v) is 17.8. The zero-order chi connectivity index (χ0) is 39.6. The van der Waals surface area contributed by atoms with Gasteiger partial charge >= 0.3 is 0 Å². The molecule has 0 unspecified atom stereocenters. The third kappa shape index (κ3) is 8.91. The van der Waals surface area contributed by atoms with Crippen molar-refractivity contribution in [2.24, 2.45) is 35.0 Å². The van der Waals surface area contributed by atoms with E-state index in [0.717, 1.165) is 48.2 Å². The molecule has 2 aromatic carbocycles. The molecular formula is C43H67N5O6. The molecule has 11 nitrogen and oxygen atoms in total. The summed E-state index contributed by atoms with van der Waals surface area (Å²) < 4.78 is 6.10. The summed E-state index contributed by atoms with van der Waals surface area (Å²) >= 11 is 0. The number of amides is 2. The van der Waals surface area contributed by atoms with Gasteiger partial charge in [-0.25, -0.2) is 0 Å². The number of aliphatic hydroxyl groups is 2. The summed E-state index contributed by atoms with van der Waals surface area (Å²) in [6, 6.07) is 11.0. The van der Waals surface area contributed by atoms with Gasteiger partial charge in [0.05, 0.1) is 26.4 Å². The number of nitrogens with zero attached hydrogens (tertiary/aromatic N) is 3. The van der Waals surface area contributed by atoms with E-state index in [2.05, 4.69) is 50.2 Å². The van der Waals surface area contributed by atoms with Crippen LogP contribution in [0.25, 0.3) is 11.1 Å². The van der Waals surface area contributed by atoms with Gasteiger partial charge in [0.15, 0.2) is 0 Å². The summed E-state index contributed by atoms with van der Waals surface area (Å²) in [5.74, 6) is 1.56. The number of carbonyl (C=O) groups is 2. The Bertz CT molecular complexity index is 1610. The van der Waals surface area contributed by atoms with Gasteiger partial charge in [0.2, 0.25) is 5.91 Å². The number of hydrogen-bond donors (Lipinski definition) is 4. The zero-order valence-corrected chi connectivity index (χ0v) is 34.6. The quantitative estimate of drug-likeness (QED) is 0.184. The van der Waals surface area contributed by atoms with Crippen LogP contribution < -0.4 is 20.3 Å². The summed E-state index contributed by atoms with van der Waals surface area (Å²) in [7, 11) is 9.62. The maximum Gasteiger partial charge on any atom is 0.251 e. The van der Waals surface area contributed by atoms with Crippen LogP contribution in [0.2, 0.25) is 0 Å². The molecule has 0 spiro atoms. The number of carbonyl (C=O) groups excluding carboxylic acids is 2. The lowest BCUT2D eigenvalue weighted by molar-refractivity contribution is -0.183. The van der Waals surface area contributed by atoms with Crippen LogP contribution >= 0.6 is 0 Å². The van der Waals surface area contributed by atoms with Crippen LogP contribution in [0.1, 0.15) is 83.1 Å². The zero-order valence-electron chi connectivity index (χ0n) is 34.6. The molecule has 4 fully saturated rings. The second kappa shape index (κ2) is 17.3. The number of ether oxygens (including phenoxy) is 1. The van der Waals surface area contributed by atoms with Crippen molar-refractivity contribution in [3.05, 3.63) is 47.5 Å². The van der Waals surface area contributed by atoms with E-state index < -0.39 is 24.2 Å². The van der Waals surface area contributed by atoms with Gasteiger partial charge in [-0.15, -0.1) is 0 Å². The van der Waals surface area contributed by atoms with E-state index in [9.17, 15) is 19.8 Å². The van der Waals surface area contributed by atoms with E-state index in [0.29, 0.717) is 35.0 Å². The predicted octanol–water partition coefficient (Wildman–Crippen LogP) is 5.19. The molecule has 4 N–H and O–H groups in total. The van der Waals surface area contributed by atoms with Crippen LogP contribution in [0.5, 0.6) is 5.75 Å². The van der Waals surface area contributed by atoms with Crippen LogP contribution in [0, 0.1) is 35.0 Å². The van der Waals surface area contributed by atoms with Gasteiger partial charge in [0.25, 0.3) is 5.91 Å². The maximum atomic E-state index is 14.3. The van der Waals surface area contributed by atoms with Gasteiger partial charge in [-0.3, -0.25) is 14.4 Å². The van der Waals surface area contributed by atoms with Crippen LogP contribution in [0.3, 0.4) is 0 Å². The molecule has 11 heteroatoms. The molecule has 4 aliphatic rings. The molecule has 9 atom stereocenters. The van der Waals surface area contributed by atoms with Gasteiger partial charge in [-0.2, -0.15) is 5.06 Å². The number of para-hydroxylation sites is 1. The largest absolute Gasteiger partial charge is 0.496 e. The van der Waals surface area contributed by atoms with Gasteiger partial charge in [-0.1, -0.05) is 52.8 Å². The Balaban J connectivity index is 1.44. The number of hydrogen-bond acceptors (Lipinski definition) is 9. The van der Waals surface area contributed by atoms with Crippen molar-refractivity contribution >= 4 is 17.5 Å². The first-order valence-electron chi connectivity index (χ1n) is 19.9. The summed E-state index contributed by atoms with van der Waals surface area (Å²) in [6.07, 6.45) is 2.24. The highest BCUT2D eigenvalue weighted by molar-refractivity contribution is 5.97. The molecule has 0 radical (unpaired) electrons. The lowest BCUT2D eigenvalue weighted by atomic mass is 9.45. The topological polar surface area (TPSA) is 127 Å². The average Bonchev–Trinajstić information content (AvgIpc) is 3.49. The summed E-state index contributed by atoms with van der Waals surface area (Å²) in [5.41, 5.74) is 4.10. The highest BCUT2D eigenvalue weighted by Crippen LogP contribution is 2.61. The molecule has 0 aromatic heterocycles. The van der Waals surface area contributed by atoms with E-state index in [1.807, 2.05) is 69.5 Å². The molecule has 3 aliphatic carbocycles. The minimum absolute atomic E-state index is 0.0424. The summed E-state index contributed by atoms with van der Waals surface area (Å²) in [4.78, 5) is 38.6. The van der Waals surface area contributed by atoms with Crippen LogP contribution in [-0.2, 0) is 16.2 Å². The van der Waals surface area contributed by atoms with Crippen molar-refractivity contribution in [1.29, 1.82) is 0 Å². The third-order valence-corrected chi connectivity index (χ3v) is 12.7. The molecular weight excluding hydrogens is 683 g/mol. The van der Waals surface area contributed by atoms with Crippen molar-refractivity contribution in [2.75, 3.05) is 53.4 Å². The SMILES string of the molecule is COc1c(CN2O[C@@H](CO)[C@@H]([C@H](C)O)[C@H]2C(=O)N[C@H]2C[C@@H]3C[C@H]([C@@H]2C)C3(C)C)cccc1-c1cc(C(=O)N[C@H](CCN(C)C)CC(C)C)cc(N(C)C)c1. The van der Waals surface area contributed by atoms with Crippen LogP contribution in [0.15, 0.2) is 36.4 Å². The Labute approximate surface area is 323 Å². The number of benzene rings is 2. The second-order valence-electron chi connectivity index (χ2n) is 17.8. The number of aliphatic hydroxyl groups excluding tert-OH is 2. The minimum Gasteiger partial charge on any atom is -0.496 e. The van der Waals surface area contributed by atoms with Crippen molar-refractivity contribution in [3.63, 3.8) is 0 Å². The van der Waals surface area contributed by atoms with E-state index in [4.69, 9.17) is 9.57 Å². The molecule has 6 rings (SSSR count). The fraction of sp³-hybridized carbons (Fsp3) is 0.674. The Morgan fingerprint density at radius 2 is 1.81 bits per heavy atom. The summed E-state index contributed by atoms with van der Waals surface area (Å²) in [6.45, 7) is 13.6. The Morgan fingerprint density at radius 1 is 1.09 bits per heavy atom. The van der Waals surface area contributed by atoms with Gasteiger partial charge in [-0.05, 0) is 106 Å². The van der Waals surface area contributed by atoms with Gasteiger partial charge in [0.1, 0.15) is 17.9 Å². The van der Waals surface area contributed by atoms with E-state index in [1.165, 1.54) is 6.42 Å². The lowest BCUT2D eigenvalue weighted by Crippen LogP contribution is -2.62. The van der Waals surface area contributed by atoms with Crippen LogP contribution in [-0.4, -0.2) is 111 Å². The first kappa shape index (κ1) is 41.9. The van der Waals surface area contributed by atoms with E-state index in [1.54, 1.807) is 19.1 Å². The molecule has 2 bridgehead atoms. The van der Waals surface area contributed by atoms with Crippen molar-refractivity contribution in [1.82, 2.24) is 20.6 Å². The number of nitrogens with one attached hydrogen (secondary N) is 2. The molecule has 1 aliphatic heterocycles. The molecule has 1 heterocycles. The third-order valence-electron chi connectivity index (χ3n) is 12.7. The number of hydroxylamine groups is 2. The Hall–Kier alpha value is -3.22.